The predicted octanol–water partition coefficient (Wildman–Crippen LogP) is 5.36. The monoisotopic (exact) mass is 628 g/mol. The van der Waals surface area contributed by atoms with Gasteiger partial charge in [-0.15, -0.1) is 11.3 Å². The average molecular weight is 629 g/mol. The van der Waals surface area contributed by atoms with Crippen LogP contribution in [0.5, 0.6) is 0 Å². The molecule has 0 unspecified atom stereocenters. The van der Waals surface area contributed by atoms with Gasteiger partial charge in [-0.25, -0.2) is 9.78 Å². The molecule has 4 aromatic heterocycles. The van der Waals surface area contributed by atoms with Crippen LogP contribution in [-0.4, -0.2) is 76.8 Å². The molecule has 0 radical (unpaired) electrons. The topological polar surface area (TPSA) is 143 Å². The smallest absolute Gasteiger partial charge is 0.335 e. The van der Waals surface area contributed by atoms with Gasteiger partial charge in [0.25, 0.3) is 5.91 Å². The molecule has 2 aliphatic rings. The number of thiophene rings is 1. The Balaban J connectivity index is 1.29. The van der Waals surface area contributed by atoms with Gasteiger partial charge in [0.05, 0.1) is 18.8 Å². The first-order chi connectivity index (χ1) is 21.8. The fourth-order valence-corrected chi connectivity index (χ4v) is 7.08. The van der Waals surface area contributed by atoms with Crippen molar-refractivity contribution in [3.05, 3.63) is 63.4 Å². The summed E-state index contributed by atoms with van der Waals surface area (Å²) in [5.74, 6) is -0.469. The van der Waals surface area contributed by atoms with Crippen molar-refractivity contribution in [3.63, 3.8) is 0 Å². The lowest BCUT2D eigenvalue weighted by atomic mass is 10.0. The minimum atomic E-state index is -1.10. The van der Waals surface area contributed by atoms with Crippen molar-refractivity contribution in [3.8, 4) is 11.1 Å². The number of rotatable bonds is 7. The number of amides is 1. The van der Waals surface area contributed by atoms with Gasteiger partial charge in [-0.2, -0.15) is 4.98 Å². The highest BCUT2D eigenvalue weighted by atomic mass is 32.1. The second kappa shape index (κ2) is 11.6. The van der Waals surface area contributed by atoms with Crippen molar-refractivity contribution in [2.24, 2.45) is 0 Å². The van der Waals surface area contributed by atoms with Gasteiger partial charge in [0, 0.05) is 67.5 Å². The van der Waals surface area contributed by atoms with E-state index in [1.165, 1.54) is 23.5 Å². The van der Waals surface area contributed by atoms with Crippen LogP contribution in [-0.2, 0) is 4.74 Å². The summed E-state index contributed by atoms with van der Waals surface area (Å²) in [6.07, 6.45) is 5.79. The number of carbonyl (C=O) groups excluding carboxylic acids is 1. The second-order valence-electron chi connectivity index (χ2n) is 11.6. The van der Waals surface area contributed by atoms with E-state index in [0.717, 1.165) is 31.1 Å². The third-order valence-electron chi connectivity index (χ3n) is 8.39. The van der Waals surface area contributed by atoms with Crippen LogP contribution in [0.1, 0.15) is 52.6 Å². The molecule has 45 heavy (non-hydrogen) atoms. The Kier molecular flexibility index (Phi) is 7.50. The molecule has 2 fully saturated rings. The number of carboxylic acids is 1. The highest BCUT2D eigenvalue weighted by molar-refractivity contribution is 7.17. The lowest BCUT2D eigenvalue weighted by molar-refractivity contribution is 0.0696. The molecule has 5 heterocycles. The van der Waals surface area contributed by atoms with Gasteiger partial charge in [-0.05, 0) is 42.7 Å². The molecule has 5 aromatic rings. The van der Waals surface area contributed by atoms with Gasteiger partial charge in [0.2, 0.25) is 11.4 Å². The lowest BCUT2D eigenvalue weighted by Crippen LogP contribution is -2.36. The van der Waals surface area contributed by atoms with E-state index >= 15 is 0 Å². The number of aromatic carboxylic acids is 1. The zero-order valence-corrected chi connectivity index (χ0v) is 25.7. The summed E-state index contributed by atoms with van der Waals surface area (Å²) in [5.41, 5.74) is 3.18. The van der Waals surface area contributed by atoms with E-state index in [1.54, 1.807) is 37.3 Å². The van der Waals surface area contributed by atoms with Crippen molar-refractivity contribution in [1.82, 2.24) is 19.4 Å². The third-order valence-corrected chi connectivity index (χ3v) is 9.37. The van der Waals surface area contributed by atoms with Crippen molar-refractivity contribution in [2.75, 3.05) is 50.6 Å². The number of ether oxygens (including phenoxy) is 1. The van der Waals surface area contributed by atoms with E-state index in [4.69, 9.17) is 14.1 Å². The minimum Gasteiger partial charge on any atom is -0.478 e. The number of nitrogens with one attached hydrogen (secondary N) is 1. The molecule has 12 nitrogen and oxygen atoms in total. The van der Waals surface area contributed by atoms with E-state index in [-0.39, 0.29) is 28.9 Å². The maximum Gasteiger partial charge on any atom is 0.335 e. The average Bonchev–Trinajstić information content (AvgIpc) is 3.79. The number of nitrogens with zero attached hydrogens (tertiary/aromatic N) is 5. The normalized spacial score (nSPS) is 15.6. The maximum absolute atomic E-state index is 13.1. The van der Waals surface area contributed by atoms with Crippen molar-refractivity contribution < 1.29 is 23.8 Å². The Morgan fingerprint density at radius 1 is 1.09 bits per heavy atom. The first-order valence-corrected chi connectivity index (χ1v) is 15.8. The molecule has 1 aromatic carbocycles. The van der Waals surface area contributed by atoms with Crippen LogP contribution in [0.3, 0.4) is 0 Å². The van der Waals surface area contributed by atoms with Gasteiger partial charge < -0.3 is 33.9 Å². The zero-order chi connectivity index (χ0) is 31.2. The molecule has 0 spiro atoms. The first kappa shape index (κ1) is 29.0. The number of carbonyl (C=O) groups is 2. The van der Waals surface area contributed by atoms with Gasteiger partial charge in [0.1, 0.15) is 16.0 Å². The highest BCUT2D eigenvalue weighted by Gasteiger charge is 2.27. The van der Waals surface area contributed by atoms with E-state index in [0.29, 0.717) is 70.6 Å². The van der Waals surface area contributed by atoms with Crippen LogP contribution in [0, 0.1) is 0 Å². The summed E-state index contributed by atoms with van der Waals surface area (Å²) >= 11 is 1.26. The fourth-order valence-electron chi connectivity index (χ4n) is 6.17. The number of carboxylic acid groups (broad SMARTS) is 1. The van der Waals surface area contributed by atoms with Crippen LogP contribution in [0.25, 0.3) is 32.4 Å². The SMILES string of the molecule is CN(C)C(=O)c1cc2cnc(Nc3cc(C(=O)O)cc(-c4csc5c(=O)cc(N6CCOCC6)oc45)c3)nc2n1C1CCCC1. The zero-order valence-electron chi connectivity index (χ0n) is 24.9. The molecule has 1 saturated carbocycles. The summed E-state index contributed by atoms with van der Waals surface area (Å²) in [7, 11) is 3.46. The molecule has 1 amide bonds. The molecular formula is C32H32N6O6S. The molecule has 1 aliphatic heterocycles. The van der Waals surface area contributed by atoms with E-state index in [1.807, 2.05) is 20.9 Å². The number of morpholine rings is 1. The second-order valence-corrected chi connectivity index (χ2v) is 12.5. The van der Waals surface area contributed by atoms with Crippen molar-refractivity contribution in [2.45, 2.75) is 31.7 Å². The quantitative estimate of drug-likeness (QED) is 0.242. The largest absolute Gasteiger partial charge is 0.478 e. The summed E-state index contributed by atoms with van der Waals surface area (Å²) in [5, 5.41) is 15.7. The molecule has 13 heteroatoms. The molecule has 2 N–H and O–H groups in total. The number of anilines is 3. The highest BCUT2D eigenvalue weighted by Crippen LogP contribution is 2.38. The molecule has 0 bridgehead atoms. The predicted molar refractivity (Wildman–Crippen MR) is 172 cm³/mol. The number of fused-ring (bicyclic) bond motifs is 2. The number of benzene rings is 1. The van der Waals surface area contributed by atoms with E-state index in [2.05, 4.69) is 10.3 Å². The minimum absolute atomic E-state index is 0.0512. The Labute approximate surface area is 261 Å². The van der Waals surface area contributed by atoms with Crippen molar-refractivity contribution >= 4 is 62.0 Å². The Morgan fingerprint density at radius 2 is 1.87 bits per heavy atom. The van der Waals surface area contributed by atoms with Crippen LogP contribution < -0.4 is 15.6 Å². The van der Waals surface area contributed by atoms with E-state index < -0.39 is 5.97 Å². The summed E-state index contributed by atoms with van der Waals surface area (Å²) in [4.78, 5) is 51.2. The maximum atomic E-state index is 13.1. The molecule has 1 saturated heterocycles. The number of hydrogen-bond donors (Lipinski definition) is 2. The first-order valence-electron chi connectivity index (χ1n) is 14.9. The van der Waals surface area contributed by atoms with Crippen LogP contribution in [0.2, 0.25) is 0 Å². The standard InChI is InChI=1S/C32H32N6O6S/c1-36(2)30(40)24-14-20-16-33-32(35-29(20)38(24)22-5-3-4-6-22)34-21-12-18(11-19(13-21)31(41)42)23-17-45-28-25(39)15-26(44-27(23)28)37-7-9-43-10-8-37/h11-17,22H,3-10H2,1-2H3,(H,41,42)(H,33,34,35). The van der Waals surface area contributed by atoms with Crippen LogP contribution >= 0.6 is 11.3 Å². The van der Waals surface area contributed by atoms with Crippen molar-refractivity contribution in [1.29, 1.82) is 0 Å². The Hall–Kier alpha value is -4.75. The molecule has 232 valence electrons. The summed E-state index contributed by atoms with van der Waals surface area (Å²) in [6.45, 7) is 2.30. The van der Waals surface area contributed by atoms with Gasteiger partial charge in [0.15, 0.2) is 11.5 Å². The van der Waals surface area contributed by atoms with Gasteiger partial charge >= 0.3 is 5.97 Å². The number of hydrogen-bond acceptors (Lipinski definition) is 10. The fraction of sp³-hybridized carbons (Fsp3) is 0.344. The van der Waals surface area contributed by atoms with Crippen LogP contribution in [0.4, 0.5) is 17.5 Å². The molecule has 0 atom stereocenters. The summed E-state index contributed by atoms with van der Waals surface area (Å²) in [6, 6.07) is 8.37. The molecular weight excluding hydrogens is 596 g/mol. The summed E-state index contributed by atoms with van der Waals surface area (Å²) < 4.78 is 14.2. The molecule has 7 rings (SSSR count). The van der Waals surface area contributed by atoms with E-state index in [9.17, 15) is 19.5 Å². The van der Waals surface area contributed by atoms with Gasteiger partial charge in [-0.3, -0.25) is 9.59 Å². The van der Waals surface area contributed by atoms with Crippen LogP contribution in [0.15, 0.2) is 51.1 Å². The third kappa shape index (κ3) is 5.42. The Bertz CT molecular complexity index is 2000. The van der Waals surface area contributed by atoms with Gasteiger partial charge in [-0.1, -0.05) is 12.8 Å². The molecule has 1 aliphatic carbocycles. The number of aromatic nitrogens is 3. The Morgan fingerprint density at radius 3 is 2.60 bits per heavy atom. The lowest BCUT2D eigenvalue weighted by Gasteiger charge is -2.27.